The zero-order valence-corrected chi connectivity index (χ0v) is 13.6. The predicted octanol–water partition coefficient (Wildman–Crippen LogP) is 3.37. The highest BCUT2D eigenvalue weighted by molar-refractivity contribution is 6.07. The van der Waals surface area contributed by atoms with E-state index in [9.17, 15) is 10.1 Å². The molecule has 122 valence electrons. The second-order valence-corrected chi connectivity index (χ2v) is 5.60. The molecule has 0 N–H and O–H groups in total. The van der Waals surface area contributed by atoms with Crippen molar-refractivity contribution >= 4 is 11.6 Å². The first-order valence-corrected chi connectivity index (χ1v) is 7.85. The molecule has 2 aromatic carbocycles. The van der Waals surface area contributed by atoms with Crippen molar-refractivity contribution in [3.05, 3.63) is 77.6 Å². The van der Waals surface area contributed by atoms with Gasteiger partial charge in [0.2, 0.25) is 5.91 Å². The van der Waals surface area contributed by atoms with Gasteiger partial charge in [0.05, 0.1) is 24.4 Å². The Kier molecular flexibility index (Phi) is 4.83. The molecule has 0 spiro atoms. The van der Waals surface area contributed by atoms with E-state index in [-0.39, 0.29) is 18.1 Å². The summed E-state index contributed by atoms with van der Waals surface area (Å²) in [7, 11) is 0. The van der Waals surface area contributed by atoms with E-state index in [0.717, 1.165) is 16.8 Å². The number of terminal acetylenes is 1. The summed E-state index contributed by atoms with van der Waals surface area (Å²) in [6.07, 6.45) is 6.46. The van der Waals surface area contributed by atoms with Gasteiger partial charge in [-0.3, -0.25) is 4.79 Å². The fraction of sp³-hybridized carbons (Fsp3) is 0.143. The van der Waals surface area contributed by atoms with Crippen LogP contribution < -0.4 is 4.90 Å². The minimum absolute atomic E-state index is 0.0570. The number of ether oxygens (including phenoxy) is 1. The Labute approximate surface area is 147 Å². The van der Waals surface area contributed by atoms with Gasteiger partial charge >= 0.3 is 0 Å². The standard InChI is InChI=1S/C21H16N2O2/c1-2-12-25-15-17(13-22)20-18-10-6-7-11-19(18)23(21(20)24)14-16-8-4-3-5-9-16/h1,3-11,15,20H,12,14H2/b17-15-. The van der Waals surface area contributed by atoms with Crippen molar-refractivity contribution in [2.75, 3.05) is 11.5 Å². The van der Waals surface area contributed by atoms with Crippen molar-refractivity contribution in [2.24, 2.45) is 0 Å². The van der Waals surface area contributed by atoms with E-state index in [0.29, 0.717) is 6.54 Å². The number of nitrogens with zero attached hydrogens (tertiary/aromatic N) is 2. The maximum absolute atomic E-state index is 13.0. The summed E-state index contributed by atoms with van der Waals surface area (Å²) in [6, 6.07) is 19.4. The van der Waals surface area contributed by atoms with Gasteiger partial charge in [-0.25, -0.2) is 0 Å². The van der Waals surface area contributed by atoms with Crippen LogP contribution in [-0.2, 0) is 16.1 Å². The largest absolute Gasteiger partial charge is 0.487 e. The van der Waals surface area contributed by atoms with E-state index in [2.05, 4.69) is 12.0 Å². The van der Waals surface area contributed by atoms with E-state index >= 15 is 0 Å². The third kappa shape index (κ3) is 3.24. The maximum atomic E-state index is 13.0. The second kappa shape index (κ2) is 7.38. The number of hydrogen-bond acceptors (Lipinski definition) is 3. The number of fused-ring (bicyclic) bond motifs is 1. The molecule has 0 bridgehead atoms. The predicted molar refractivity (Wildman–Crippen MR) is 95.3 cm³/mol. The second-order valence-electron chi connectivity index (χ2n) is 5.60. The van der Waals surface area contributed by atoms with Crippen molar-refractivity contribution < 1.29 is 9.53 Å². The summed E-state index contributed by atoms with van der Waals surface area (Å²) in [6.45, 7) is 0.512. The van der Waals surface area contributed by atoms with Gasteiger partial charge < -0.3 is 9.64 Å². The summed E-state index contributed by atoms with van der Waals surface area (Å²) >= 11 is 0. The number of carbonyl (C=O) groups is 1. The van der Waals surface area contributed by atoms with Crippen molar-refractivity contribution in [3.8, 4) is 18.4 Å². The van der Waals surface area contributed by atoms with Gasteiger partial charge in [0.1, 0.15) is 12.5 Å². The van der Waals surface area contributed by atoms with Gasteiger partial charge in [-0.2, -0.15) is 5.26 Å². The number of hydrogen-bond donors (Lipinski definition) is 0. The highest BCUT2D eigenvalue weighted by atomic mass is 16.5. The van der Waals surface area contributed by atoms with Gasteiger partial charge in [-0.05, 0) is 17.2 Å². The van der Waals surface area contributed by atoms with E-state index in [1.807, 2.05) is 54.6 Å². The fourth-order valence-corrected chi connectivity index (χ4v) is 2.95. The Morgan fingerprint density at radius 2 is 1.92 bits per heavy atom. The lowest BCUT2D eigenvalue weighted by Crippen LogP contribution is -2.28. The molecule has 1 aliphatic heterocycles. The molecule has 0 saturated heterocycles. The molecule has 2 aromatic rings. The normalized spacial score (nSPS) is 16.1. The lowest BCUT2D eigenvalue weighted by atomic mass is 9.94. The molecule has 0 fully saturated rings. The molecule has 4 heteroatoms. The summed E-state index contributed by atoms with van der Waals surface area (Å²) in [5.74, 6) is 1.54. The van der Waals surface area contributed by atoms with Crippen LogP contribution in [0, 0.1) is 23.7 Å². The molecule has 1 heterocycles. The first kappa shape index (κ1) is 16.4. The van der Waals surface area contributed by atoms with Gasteiger partial charge in [0.25, 0.3) is 0 Å². The molecule has 0 aromatic heterocycles. The van der Waals surface area contributed by atoms with Crippen LogP contribution >= 0.6 is 0 Å². The van der Waals surface area contributed by atoms with E-state index in [1.165, 1.54) is 6.26 Å². The molecule has 3 rings (SSSR count). The first-order chi connectivity index (χ1) is 12.3. The van der Waals surface area contributed by atoms with Crippen molar-refractivity contribution in [1.29, 1.82) is 5.26 Å². The number of benzene rings is 2. The summed E-state index contributed by atoms with van der Waals surface area (Å²) in [4.78, 5) is 14.7. The van der Waals surface area contributed by atoms with E-state index in [4.69, 9.17) is 11.2 Å². The van der Waals surface area contributed by atoms with Crippen LogP contribution in [0.15, 0.2) is 66.4 Å². The SMILES string of the molecule is C#CCO/C=C(/C#N)C1C(=O)N(Cc2ccccc2)c2ccccc21. The molecular weight excluding hydrogens is 312 g/mol. The number of nitriles is 1. The molecule has 1 aliphatic rings. The lowest BCUT2D eigenvalue weighted by molar-refractivity contribution is -0.118. The highest BCUT2D eigenvalue weighted by Crippen LogP contribution is 2.41. The number of carbonyl (C=O) groups excluding carboxylic acids is 1. The number of anilines is 1. The molecule has 1 unspecified atom stereocenters. The Morgan fingerprint density at radius 3 is 2.64 bits per heavy atom. The molecule has 25 heavy (non-hydrogen) atoms. The monoisotopic (exact) mass is 328 g/mol. The van der Waals surface area contributed by atoms with Crippen molar-refractivity contribution in [2.45, 2.75) is 12.5 Å². The van der Waals surface area contributed by atoms with Gasteiger partial charge in [0, 0.05) is 5.69 Å². The van der Waals surface area contributed by atoms with Crippen molar-refractivity contribution in [3.63, 3.8) is 0 Å². The Morgan fingerprint density at radius 1 is 1.20 bits per heavy atom. The Bertz CT molecular complexity index is 888. The molecule has 1 atom stereocenters. The number of amides is 1. The average Bonchev–Trinajstić information content (AvgIpc) is 2.92. The minimum atomic E-state index is -0.664. The van der Waals surface area contributed by atoms with Crippen LogP contribution in [0.3, 0.4) is 0 Å². The third-order valence-corrected chi connectivity index (χ3v) is 4.05. The summed E-state index contributed by atoms with van der Waals surface area (Å²) < 4.78 is 5.17. The van der Waals surface area contributed by atoms with Crippen LogP contribution in [0.2, 0.25) is 0 Å². The zero-order valence-electron chi connectivity index (χ0n) is 13.6. The van der Waals surface area contributed by atoms with Gasteiger partial charge in [0.15, 0.2) is 0 Å². The Hall–Kier alpha value is -3.50. The van der Waals surface area contributed by atoms with Gasteiger partial charge in [-0.1, -0.05) is 54.5 Å². The minimum Gasteiger partial charge on any atom is -0.487 e. The van der Waals surface area contributed by atoms with Crippen LogP contribution in [0.1, 0.15) is 17.0 Å². The smallest absolute Gasteiger partial charge is 0.240 e. The Balaban J connectivity index is 1.96. The first-order valence-electron chi connectivity index (χ1n) is 7.85. The highest BCUT2D eigenvalue weighted by Gasteiger charge is 2.39. The van der Waals surface area contributed by atoms with Crippen LogP contribution in [-0.4, -0.2) is 12.5 Å². The molecule has 1 amide bonds. The molecule has 4 nitrogen and oxygen atoms in total. The fourth-order valence-electron chi connectivity index (χ4n) is 2.95. The molecule has 0 saturated carbocycles. The number of rotatable bonds is 5. The van der Waals surface area contributed by atoms with Crippen LogP contribution in [0.25, 0.3) is 0 Å². The summed E-state index contributed by atoms with van der Waals surface area (Å²) in [5, 5.41) is 9.48. The maximum Gasteiger partial charge on any atom is 0.240 e. The van der Waals surface area contributed by atoms with Crippen LogP contribution in [0.4, 0.5) is 5.69 Å². The third-order valence-electron chi connectivity index (χ3n) is 4.05. The quantitative estimate of drug-likeness (QED) is 0.366. The van der Waals surface area contributed by atoms with E-state index < -0.39 is 5.92 Å². The molecule has 0 radical (unpaired) electrons. The van der Waals surface area contributed by atoms with Crippen molar-refractivity contribution in [1.82, 2.24) is 0 Å². The van der Waals surface area contributed by atoms with Gasteiger partial charge in [-0.15, -0.1) is 6.42 Å². The topological polar surface area (TPSA) is 53.3 Å². The van der Waals surface area contributed by atoms with E-state index in [1.54, 1.807) is 4.90 Å². The number of para-hydroxylation sites is 1. The lowest BCUT2D eigenvalue weighted by Gasteiger charge is -2.18. The zero-order chi connectivity index (χ0) is 17.6. The average molecular weight is 328 g/mol. The molecular formula is C21H16N2O2. The summed E-state index contributed by atoms with van der Waals surface area (Å²) in [5.41, 5.74) is 2.90. The van der Waals surface area contributed by atoms with Crippen LogP contribution in [0.5, 0.6) is 0 Å². The molecule has 0 aliphatic carbocycles.